The van der Waals surface area contributed by atoms with E-state index >= 15 is 0 Å². The normalized spacial score (nSPS) is 18.8. The van der Waals surface area contributed by atoms with Gasteiger partial charge in [0.25, 0.3) is 0 Å². The van der Waals surface area contributed by atoms with Gasteiger partial charge in [-0.1, -0.05) is 17.3 Å². The highest BCUT2D eigenvalue weighted by molar-refractivity contribution is 6.01. The summed E-state index contributed by atoms with van der Waals surface area (Å²) in [6.45, 7) is 4.41. The predicted octanol–water partition coefficient (Wildman–Crippen LogP) is 3.20. The van der Waals surface area contributed by atoms with E-state index in [1.54, 1.807) is 6.20 Å². The van der Waals surface area contributed by atoms with Crippen LogP contribution in [0.3, 0.4) is 0 Å². The number of hydrogen-bond donors (Lipinski definition) is 1. The number of nitrogens with one attached hydrogen (secondary N) is 1. The van der Waals surface area contributed by atoms with Gasteiger partial charge in [-0.3, -0.25) is 14.7 Å². The third-order valence-corrected chi connectivity index (χ3v) is 5.28. The molecule has 2 aliphatic rings. The highest BCUT2D eigenvalue weighted by Crippen LogP contribution is 2.36. The van der Waals surface area contributed by atoms with Gasteiger partial charge in [0, 0.05) is 69.5 Å². The zero-order valence-electron chi connectivity index (χ0n) is 15.5. The Balaban J connectivity index is 1.30. The molecule has 4 rings (SSSR count). The van der Waals surface area contributed by atoms with Crippen LogP contribution in [0.1, 0.15) is 37.3 Å². The van der Waals surface area contributed by atoms with Crippen LogP contribution in [0, 0.1) is 0 Å². The van der Waals surface area contributed by atoms with Gasteiger partial charge in [-0.05, 0) is 29.8 Å². The van der Waals surface area contributed by atoms with E-state index in [-0.39, 0.29) is 11.5 Å². The number of aromatic nitrogens is 1. The van der Waals surface area contributed by atoms with Crippen molar-refractivity contribution in [3.63, 3.8) is 0 Å². The molecule has 0 radical (unpaired) electrons. The van der Waals surface area contributed by atoms with Gasteiger partial charge < -0.3 is 10.2 Å². The average molecular weight is 364 g/mol. The zero-order chi connectivity index (χ0) is 18.7. The molecule has 1 N–H and O–H groups in total. The van der Waals surface area contributed by atoms with Gasteiger partial charge in [-0.15, -0.1) is 0 Å². The molecule has 0 atom stereocenters. The van der Waals surface area contributed by atoms with Crippen LogP contribution in [0.15, 0.2) is 53.9 Å². The lowest BCUT2D eigenvalue weighted by Crippen LogP contribution is -2.44. The number of amides is 1. The third kappa shape index (κ3) is 4.17. The molecule has 140 valence electrons. The lowest BCUT2D eigenvalue weighted by atomic mass is 9.85. The van der Waals surface area contributed by atoms with Crippen LogP contribution in [-0.2, 0) is 16.2 Å². The van der Waals surface area contributed by atoms with Crippen molar-refractivity contribution in [3.8, 4) is 0 Å². The second-order valence-electron chi connectivity index (χ2n) is 7.39. The number of nitrogens with zero attached hydrogens (tertiary/aromatic N) is 3. The lowest BCUT2D eigenvalue weighted by molar-refractivity contribution is -0.114. The van der Waals surface area contributed by atoms with Crippen molar-refractivity contribution in [1.82, 2.24) is 9.88 Å². The molecule has 3 heterocycles. The van der Waals surface area contributed by atoms with Crippen molar-refractivity contribution in [3.05, 3.63) is 59.9 Å². The minimum Gasteiger partial charge on any atom is -0.388 e. The van der Waals surface area contributed by atoms with E-state index in [0.717, 1.165) is 55.9 Å². The fraction of sp³-hybridized carbons (Fsp3) is 0.381. The summed E-state index contributed by atoms with van der Waals surface area (Å²) in [5.74, 6) is -0.0477. The molecular weight excluding hydrogens is 340 g/mol. The first-order valence-electron chi connectivity index (χ1n) is 9.36. The predicted molar refractivity (Wildman–Crippen MR) is 104 cm³/mol. The number of pyridine rings is 1. The van der Waals surface area contributed by atoms with Crippen LogP contribution in [-0.4, -0.2) is 40.2 Å². The van der Waals surface area contributed by atoms with Gasteiger partial charge in [0.05, 0.1) is 5.71 Å². The molecule has 6 heteroatoms. The average Bonchev–Trinajstić information content (AvgIpc) is 3.10. The summed E-state index contributed by atoms with van der Waals surface area (Å²) >= 11 is 0. The summed E-state index contributed by atoms with van der Waals surface area (Å²) in [6.07, 6.45) is 6.43. The monoisotopic (exact) mass is 364 g/mol. The van der Waals surface area contributed by atoms with E-state index in [4.69, 9.17) is 4.84 Å². The molecule has 1 aromatic carbocycles. The second kappa shape index (κ2) is 7.48. The molecule has 1 saturated heterocycles. The molecule has 27 heavy (non-hydrogen) atoms. The van der Waals surface area contributed by atoms with E-state index in [9.17, 15) is 4.79 Å². The maximum Gasteiger partial charge on any atom is 0.221 e. The van der Waals surface area contributed by atoms with Crippen molar-refractivity contribution >= 4 is 17.3 Å². The minimum atomic E-state index is -0.156. The van der Waals surface area contributed by atoms with E-state index < -0.39 is 0 Å². The summed E-state index contributed by atoms with van der Waals surface area (Å²) in [6, 6.07) is 12.0. The van der Waals surface area contributed by atoms with E-state index in [2.05, 4.69) is 32.5 Å². The highest BCUT2D eigenvalue weighted by Gasteiger charge is 2.42. The van der Waals surface area contributed by atoms with Crippen molar-refractivity contribution < 1.29 is 9.63 Å². The van der Waals surface area contributed by atoms with Crippen molar-refractivity contribution in [2.24, 2.45) is 5.16 Å². The smallest absolute Gasteiger partial charge is 0.221 e. The van der Waals surface area contributed by atoms with E-state index in [1.165, 1.54) is 12.5 Å². The quantitative estimate of drug-likeness (QED) is 0.905. The van der Waals surface area contributed by atoms with Crippen LogP contribution in [0.25, 0.3) is 0 Å². The summed E-state index contributed by atoms with van der Waals surface area (Å²) < 4.78 is 0. The summed E-state index contributed by atoms with van der Waals surface area (Å²) in [7, 11) is 0. The Hall–Kier alpha value is -2.73. The molecule has 1 spiro atoms. The Morgan fingerprint density at radius 2 is 2.00 bits per heavy atom. The number of hydrogen-bond acceptors (Lipinski definition) is 5. The molecule has 1 amide bonds. The number of anilines is 1. The van der Waals surface area contributed by atoms with Crippen LogP contribution >= 0.6 is 0 Å². The third-order valence-electron chi connectivity index (χ3n) is 5.28. The lowest BCUT2D eigenvalue weighted by Gasteiger charge is -2.37. The molecule has 0 aliphatic carbocycles. The number of oxime groups is 1. The zero-order valence-corrected chi connectivity index (χ0v) is 15.5. The van der Waals surface area contributed by atoms with Gasteiger partial charge in [0.2, 0.25) is 5.91 Å². The Morgan fingerprint density at radius 1 is 1.22 bits per heavy atom. The van der Waals surface area contributed by atoms with E-state index in [0.29, 0.717) is 0 Å². The summed E-state index contributed by atoms with van der Waals surface area (Å²) in [5.41, 5.74) is 3.99. The first-order valence-corrected chi connectivity index (χ1v) is 9.36. The molecular formula is C21H24N4O2. The first kappa shape index (κ1) is 17.7. The Morgan fingerprint density at radius 3 is 2.67 bits per heavy atom. The van der Waals surface area contributed by atoms with Gasteiger partial charge in [0.15, 0.2) is 0 Å². The molecule has 2 aromatic rings. The van der Waals surface area contributed by atoms with Crippen molar-refractivity contribution in [2.75, 3.05) is 18.4 Å². The summed E-state index contributed by atoms with van der Waals surface area (Å²) in [5, 5.41) is 7.15. The number of likely N-dealkylation sites (tertiary alicyclic amines) is 1. The number of piperidine rings is 1. The van der Waals surface area contributed by atoms with Gasteiger partial charge in [-0.2, -0.15) is 0 Å². The molecule has 1 aromatic heterocycles. The van der Waals surface area contributed by atoms with E-state index in [1.807, 2.05) is 30.5 Å². The minimum absolute atomic E-state index is 0.0477. The largest absolute Gasteiger partial charge is 0.388 e. The first-order chi connectivity index (χ1) is 13.1. The van der Waals surface area contributed by atoms with Crippen LogP contribution < -0.4 is 5.32 Å². The molecule has 0 saturated carbocycles. The second-order valence-corrected chi connectivity index (χ2v) is 7.39. The van der Waals surface area contributed by atoms with Gasteiger partial charge in [-0.25, -0.2) is 0 Å². The standard InChI is InChI=1S/C21H24N4O2/c1-16(26)23-19-6-4-17(5-7-19)15-25-11-8-21(9-12-25)13-20(24-27-21)18-3-2-10-22-14-18/h2-7,10,14H,8-9,11-13,15H2,1H3,(H,23,26). The van der Waals surface area contributed by atoms with Crippen LogP contribution in [0.5, 0.6) is 0 Å². The maximum absolute atomic E-state index is 11.1. The Bertz CT molecular complexity index is 825. The fourth-order valence-corrected chi connectivity index (χ4v) is 3.75. The molecule has 2 aliphatic heterocycles. The van der Waals surface area contributed by atoms with Crippen LogP contribution in [0.2, 0.25) is 0 Å². The highest BCUT2D eigenvalue weighted by atomic mass is 16.7. The van der Waals surface area contributed by atoms with Crippen molar-refractivity contribution in [2.45, 2.75) is 38.3 Å². The number of benzene rings is 1. The number of rotatable bonds is 4. The fourth-order valence-electron chi connectivity index (χ4n) is 3.75. The maximum atomic E-state index is 11.1. The van der Waals surface area contributed by atoms with Crippen molar-refractivity contribution in [1.29, 1.82) is 0 Å². The number of carbonyl (C=O) groups is 1. The molecule has 0 bridgehead atoms. The Labute approximate surface area is 159 Å². The van der Waals surface area contributed by atoms with Gasteiger partial charge >= 0.3 is 0 Å². The molecule has 6 nitrogen and oxygen atoms in total. The van der Waals surface area contributed by atoms with Crippen LogP contribution in [0.4, 0.5) is 5.69 Å². The summed E-state index contributed by atoms with van der Waals surface area (Å²) in [4.78, 5) is 23.6. The topological polar surface area (TPSA) is 66.8 Å². The van der Waals surface area contributed by atoms with Gasteiger partial charge in [0.1, 0.15) is 5.60 Å². The number of carbonyl (C=O) groups excluding carboxylic acids is 1. The molecule has 0 unspecified atom stereocenters. The SMILES string of the molecule is CC(=O)Nc1ccc(CN2CCC3(CC2)CC(c2cccnc2)=NO3)cc1. The molecule has 1 fully saturated rings. The Kier molecular flexibility index (Phi) is 4.90.